The van der Waals surface area contributed by atoms with Crippen LogP contribution in [-0.4, -0.2) is 14.8 Å². The number of nitriles is 1. The third kappa shape index (κ3) is 3.65. The van der Waals surface area contributed by atoms with Crippen molar-refractivity contribution < 1.29 is 0 Å². The van der Waals surface area contributed by atoms with Crippen LogP contribution in [0.4, 0.5) is 0 Å². The van der Waals surface area contributed by atoms with Crippen molar-refractivity contribution in [2.45, 2.75) is 6.42 Å². The second-order valence-electron chi connectivity index (χ2n) is 5.33. The second-order valence-corrected chi connectivity index (χ2v) is 6.56. The molecular formula is C17H9Cl3N4O2. The van der Waals surface area contributed by atoms with Crippen LogP contribution in [0.3, 0.4) is 0 Å². The highest BCUT2D eigenvalue weighted by atomic mass is 35.5. The lowest BCUT2D eigenvalue weighted by molar-refractivity contribution is 0.749. The van der Waals surface area contributed by atoms with Crippen molar-refractivity contribution in [1.82, 2.24) is 14.8 Å². The highest BCUT2D eigenvalue weighted by Gasteiger charge is 2.13. The first kappa shape index (κ1) is 18.2. The van der Waals surface area contributed by atoms with E-state index in [1.165, 1.54) is 12.1 Å². The minimum Gasteiger partial charge on any atom is -0.271 e. The quantitative estimate of drug-likeness (QED) is 0.721. The van der Waals surface area contributed by atoms with Crippen molar-refractivity contribution in [2.24, 2.45) is 0 Å². The third-order valence-electron chi connectivity index (χ3n) is 3.63. The molecule has 3 rings (SSSR count). The zero-order chi connectivity index (χ0) is 18.8. The zero-order valence-electron chi connectivity index (χ0n) is 13.0. The van der Waals surface area contributed by atoms with Crippen LogP contribution in [0.2, 0.25) is 15.1 Å². The van der Waals surface area contributed by atoms with E-state index in [4.69, 9.17) is 40.1 Å². The number of aromatic amines is 1. The molecule has 0 amide bonds. The molecule has 6 nitrogen and oxygen atoms in total. The van der Waals surface area contributed by atoms with Crippen LogP contribution >= 0.6 is 34.8 Å². The van der Waals surface area contributed by atoms with Gasteiger partial charge in [-0.15, -0.1) is 0 Å². The van der Waals surface area contributed by atoms with Gasteiger partial charge in [0.05, 0.1) is 17.3 Å². The van der Waals surface area contributed by atoms with E-state index in [2.05, 4.69) is 10.1 Å². The van der Waals surface area contributed by atoms with Gasteiger partial charge in [0.25, 0.3) is 5.56 Å². The van der Waals surface area contributed by atoms with Gasteiger partial charge in [-0.2, -0.15) is 15.0 Å². The summed E-state index contributed by atoms with van der Waals surface area (Å²) < 4.78 is 0.984. The largest absolute Gasteiger partial charge is 0.349 e. The summed E-state index contributed by atoms with van der Waals surface area (Å²) in [6.07, 6.45) is 1.32. The lowest BCUT2D eigenvalue weighted by atomic mass is 10.0. The second kappa shape index (κ2) is 7.34. The predicted molar refractivity (Wildman–Crippen MR) is 99.4 cm³/mol. The van der Waals surface area contributed by atoms with Gasteiger partial charge in [0, 0.05) is 21.5 Å². The van der Waals surface area contributed by atoms with Gasteiger partial charge in [0.2, 0.25) is 0 Å². The number of nitrogens with one attached hydrogen (secondary N) is 1. The summed E-state index contributed by atoms with van der Waals surface area (Å²) in [5, 5.41) is 13.7. The molecule has 0 aliphatic rings. The van der Waals surface area contributed by atoms with Gasteiger partial charge in [-0.3, -0.25) is 9.78 Å². The van der Waals surface area contributed by atoms with Gasteiger partial charge in [-0.05, 0) is 35.4 Å². The summed E-state index contributed by atoms with van der Waals surface area (Å²) >= 11 is 18.9. The van der Waals surface area contributed by atoms with E-state index in [9.17, 15) is 9.59 Å². The lowest BCUT2D eigenvalue weighted by Gasteiger charge is -2.12. The standard InChI is InChI=1S/C17H9Cl3N4O2/c18-13-3-9(7-21)1-2-10(13)4-12-14(19)5-11(6-15(12)20)24-17(26)23-16(25)8-22-24/h1-3,5-6,8H,4H2,(H,23,25,26). The SMILES string of the molecule is N#Cc1ccc(Cc2c(Cl)cc(-n3ncc(=O)[nH]c3=O)cc2Cl)c(Cl)c1. The van der Waals surface area contributed by atoms with Crippen LogP contribution in [0, 0.1) is 11.3 Å². The van der Waals surface area contributed by atoms with Crippen molar-refractivity contribution in [3.8, 4) is 11.8 Å². The molecular weight excluding hydrogens is 399 g/mol. The minimum atomic E-state index is -0.701. The third-order valence-corrected chi connectivity index (χ3v) is 4.66. The Kier molecular flexibility index (Phi) is 5.14. The molecule has 0 fully saturated rings. The molecule has 0 aliphatic heterocycles. The summed E-state index contributed by atoms with van der Waals surface area (Å²) in [4.78, 5) is 25.1. The van der Waals surface area contributed by atoms with Crippen molar-refractivity contribution in [3.05, 3.63) is 89.1 Å². The number of nitrogens with zero attached hydrogens (tertiary/aromatic N) is 3. The molecule has 0 radical (unpaired) electrons. The number of aromatic nitrogens is 3. The maximum absolute atomic E-state index is 11.9. The van der Waals surface area contributed by atoms with Crippen molar-refractivity contribution in [2.75, 3.05) is 0 Å². The van der Waals surface area contributed by atoms with Crippen LogP contribution in [0.25, 0.3) is 5.69 Å². The van der Waals surface area contributed by atoms with Gasteiger partial charge in [-0.25, -0.2) is 4.79 Å². The Balaban J connectivity index is 2.02. The molecule has 3 aromatic rings. The van der Waals surface area contributed by atoms with Gasteiger partial charge in [0.15, 0.2) is 0 Å². The number of rotatable bonds is 3. The topological polar surface area (TPSA) is 91.5 Å². The molecule has 1 N–H and O–H groups in total. The molecule has 1 aromatic heterocycles. The maximum Gasteiger partial charge on any atom is 0.349 e. The van der Waals surface area contributed by atoms with E-state index in [0.29, 0.717) is 38.3 Å². The molecule has 130 valence electrons. The van der Waals surface area contributed by atoms with Crippen LogP contribution in [-0.2, 0) is 6.42 Å². The van der Waals surface area contributed by atoms with Gasteiger partial charge in [0.1, 0.15) is 6.20 Å². The Morgan fingerprint density at radius 3 is 2.35 bits per heavy atom. The number of hydrogen-bond acceptors (Lipinski definition) is 4. The molecule has 2 aromatic carbocycles. The number of benzene rings is 2. The summed E-state index contributed by atoms with van der Waals surface area (Å²) in [5.41, 5.74) is 0.830. The van der Waals surface area contributed by atoms with E-state index >= 15 is 0 Å². The van der Waals surface area contributed by atoms with Gasteiger partial charge < -0.3 is 0 Å². The monoisotopic (exact) mass is 406 g/mol. The molecule has 0 saturated carbocycles. The van der Waals surface area contributed by atoms with Crippen LogP contribution < -0.4 is 11.2 Å². The van der Waals surface area contributed by atoms with Gasteiger partial charge in [-0.1, -0.05) is 40.9 Å². The normalized spacial score (nSPS) is 10.5. The Labute approximate surface area is 162 Å². The first-order valence-corrected chi connectivity index (χ1v) is 8.38. The van der Waals surface area contributed by atoms with E-state index in [-0.39, 0.29) is 0 Å². The Bertz CT molecular complexity index is 1140. The van der Waals surface area contributed by atoms with Gasteiger partial charge >= 0.3 is 5.69 Å². The molecule has 1 heterocycles. The highest BCUT2D eigenvalue weighted by molar-refractivity contribution is 6.36. The predicted octanol–water partition coefficient (Wildman–Crippen LogP) is 3.34. The Morgan fingerprint density at radius 2 is 1.77 bits per heavy atom. The maximum atomic E-state index is 11.9. The average Bonchev–Trinajstić information content (AvgIpc) is 2.59. The first-order chi connectivity index (χ1) is 12.4. The average molecular weight is 408 g/mol. The fourth-order valence-corrected chi connectivity index (χ4v) is 3.23. The first-order valence-electron chi connectivity index (χ1n) is 7.24. The van der Waals surface area contributed by atoms with Crippen LogP contribution in [0.15, 0.2) is 46.1 Å². The van der Waals surface area contributed by atoms with Crippen molar-refractivity contribution in [3.63, 3.8) is 0 Å². The highest BCUT2D eigenvalue weighted by Crippen LogP contribution is 2.31. The fourth-order valence-electron chi connectivity index (χ4n) is 2.37. The molecule has 0 spiro atoms. The van der Waals surface area contributed by atoms with E-state index in [1.807, 2.05) is 6.07 Å². The summed E-state index contributed by atoms with van der Waals surface area (Å²) in [7, 11) is 0. The molecule has 0 aliphatic carbocycles. The molecule has 26 heavy (non-hydrogen) atoms. The number of H-pyrrole nitrogens is 1. The summed E-state index contributed by atoms with van der Waals surface area (Å²) in [6, 6.07) is 10.0. The van der Waals surface area contributed by atoms with Crippen molar-refractivity contribution >= 4 is 34.8 Å². The number of halogens is 3. The molecule has 0 unspecified atom stereocenters. The molecule has 0 saturated heterocycles. The van der Waals surface area contributed by atoms with E-state index in [1.54, 1.807) is 18.2 Å². The van der Waals surface area contributed by atoms with Crippen molar-refractivity contribution in [1.29, 1.82) is 5.26 Å². The number of hydrogen-bond donors (Lipinski definition) is 1. The van der Waals surface area contributed by atoms with E-state index in [0.717, 1.165) is 16.4 Å². The minimum absolute atomic E-state index is 0.313. The summed E-state index contributed by atoms with van der Waals surface area (Å²) in [5.74, 6) is 0. The zero-order valence-corrected chi connectivity index (χ0v) is 15.2. The molecule has 0 bridgehead atoms. The lowest BCUT2D eigenvalue weighted by Crippen LogP contribution is -2.30. The van der Waals surface area contributed by atoms with Crippen LogP contribution in [0.1, 0.15) is 16.7 Å². The fraction of sp³-hybridized carbons (Fsp3) is 0.0588. The summed E-state index contributed by atoms with van der Waals surface area (Å²) in [6.45, 7) is 0. The molecule has 9 heteroatoms. The smallest absolute Gasteiger partial charge is 0.271 e. The Morgan fingerprint density at radius 1 is 1.08 bits per heavy atom. The Hall–Kier alpha value is -2.59. The van der Waals surface area contributed by atoms with E-state index < -0.39 is 11.2 Å². The van der Waals surface area contributed by atoms with Crippen LogP contribution in [0.5, 0.6) is 0 Å². The molecule has 0 atom stereocenters.